The largest absolute Gasteiger partial charge is 0.408 e. The summed E-state index contributed by atoms with van der Waals surface area (Å²) in [6.07, 6.45) is 3.84. The molecule has 0 atom stereocenters. The molecule has 13 heavy (non-hydrogen) atoms. The Kier molecular flexibility index (Phi) is 1.78. The van der Waals surface area contributed by atoms with E-state index in [9.17, 15) is 0 Å². The molecule has 0 unspecified atom stereocenters. The first-order valence-corrected chi connectivity index (χ1v) is 4.70. The molecule has 1 aromatic rings. The molecule has 0 radical (unpaired) electrons. The molecule has 0 aliphatic heterocycles. The monoisotopic (exact) mass is 181 g/mol. The third-order valence-electron chi connectivity index (χ3n) is 3.12. The number of rotatable bonds is 2. The smallest absolute Gasteiger partial charge is 0.312 e. The van der Waals surface area contributed by atoms with Gasteiger partial charge in [0, 0.05) is 5.41 Å². The summed E-state index contributed by atoms with van der Waals surface area (Å²) in [7, 11) is 0. The maximum absolute atomic E-state index is 5.39. The number of nitrogen functional groups attached to an aromatic ring is 1. The summed E-state index contributed by atoms with van der Waals surface area (Å²) in [6.45, 7) is 4.29. The summed E-state index contributed by atoms with van der Waals surface area (Å²) in [6, 6.07) is 0.169. The van der Waals surface area contributed by atoms with Crippen molar-refractivity contribution < 1.29 is 4.42 Å². The summed E-state index contributed by atoms with van der Waals surface area (Å²) in [5.74, 6) is 1.35. The van der Waals surface area contributed by atoms with Crippen molar-refractivity contribution in [3.63, 3.8) is 0 Å². The van der Waals surface area contributed by atoms with Crippen molar-refractivity contribution in [2.45, 2.75) is 38.5 Å². The molecule has 0 bridgehead atoms. The molecule has 4 nitrogen and oxygen atoms in total. The van der Waals surface area contributed by atoms with Gasteiger partial charge in [0.1, 0.15) is 0 Å². The Morgan fingerprint density at radius 1 is 1.38 bits per heavy atom. The SMILES string of the molecule is CC(C)(c1nnc(N)o1)C1CCC1. The Balaban J connectivity index is 2.22. The molecule has 1 aliphatic carbocycles. The average Bonchev–Trinajstić information content (AvgIpc) is 2.30. The summed E-state index contributed by atoms with van der Waals surface area (Å²) in [5, 5.41) is 7.63. The van der Waals surface area contributed by atoms with Gasteiger partial charge < -0.3 is 10.2 Å². The quantitative estimate of drug-likeness (QED) is 0.754. The predicted octanol–water partition coefficient (Wildman–Crippen LogP) is 1.73. The summed E-state index contributed by atoms with van der Waals surface area (Å²) < 4.78 is 5.26. The lowest BCUT2D eigenvalue weighted by atomic mass is 9.67. The highest BCUT2D eigenvalue weighted by molar-refractivity contribution is 5.11. The molecule has 1 aromatic heterocycles. The van der Waals surface area contributed by atoms with E-state index in [2.05, 4.69) is 24.0 Å². The normalized spacial score (nSPS) is 18.6. The summed E-state index contributed by atoms with van der Waals surface area (Å²) >= 11 is 0. The van der Waals surface area contributed by atoms with Crippen LogP contribution < -0.4 is 5.73 Å². The van der Waals surface area contributed by atoms with Crippen LogP contribution >= 0.6 is 0 Å². The van der Waals surface area contributed by atoms with E-state index in [1.54, 1.807) is 0 Å². The molecule has 1 fully saturated rings. The van der Waals surface area contributed by atoms with Gasteiger partial charge in [-0.1, -0.05) is 25.4 Å². The Bertz CT molecular complexity index is 302. The fourth-order valence-electron chi connectivity index (χ4n) is 1.80. The van der Waals surface area contributed by atoms with Crippen LogP contribution in [0.3, 0.4) is 0 Å². The lowest BCUT2D eigenvalue weighted by Gasteiger charge is -2.37. The number of aromatic nitrogens is 2. The first kappa shape index (κ1) is 8.53. The zero-order valence-corrected chi connectivity index (χ0v) is 8.08. The second kappa shape index (κ2) is 2.72. The van der Waals surface area contributed by atoms with Crippen LogP contribution in [0.15, 0.2) is 4.42 Å². The van der Waals surface area contributed by atoms with Gasteiger partial charge in [0.25, 0.3) is 0 Å². The van der Waals surface area contributed by atoms with Gasteiger partial charge in [-0.25, -0.2) is 0 Å². The van der Waals surface area contributed by atoms with Gasteiger partial charge in [0.15, 0.2) is 0 Å². The third kappa shape index (κ3) is 1.30. The Hall–Kier alpha value is -1.06. The number of anilines is 1. The highest BCUT2D eigenvalue weighted by Crippen LogP contribution is 2.43. The summed E-state index contributed by atoms with van der Waals surface area (Å²) in [5.41, 5.74) is 5.38. The minimum Gasteiger partial charge on any atom is -0.408 e. The zero-order valence-electron chi connectivity index (χ0n) is 8.08. The molecule has 1 aliphatic rings. The number of hydrogen-bond acceptors (Lipinski definition) is 4. The van der Waals surface area contributed by atoms with Crippen LogP contribution in [0.2, 0.25) is 0 Å². The van der Waals surface area contributed by atoms with Gasteiger partial charge in [-0.3, -0.25) is 0 Å². The first-order chi connectivity index (χ1) is 6.10. The van der Waals surface area contributed by atoms with E-state index in [0.717, 1.165) is 0 Å². The standard InChI is InChI=1S/C9H15N3O/c1-9(2,6-4-3-5-6)7-11-12-8(10)13-7/h6H,3-5H2,1-2H3,(H2,10,12). The zero-order chi connectivity index (χ0) is 9.47. The molecule has 4 heteroatoms. The van der Waals surface area contributed by atoms with E-state index in [1.165, 1.54) is 19.3 Å². The van der Waals surface area contributed by atoms with Crippen LogP contribution in [0.1, 0.15) is 39.0 Å². The van der Waals surface area contributed by atoms with Crippen molar-refractivity contribution in [1.29, 1.82) is 0 Å². The van der Waals surface area contributed by atoms with E-state index in [4.69, 9.17) is 10.2 Å². The molecule has 72 valence electrons. The fraction of sp³-hybridized carbons (Fsp3) is 0.778. The molecule has 0 amide bonds. The second-order valence-electron chi connectivity index (χ2n) is 4.29. The molecular weight excluding hydrogens is 166 g/mol. The Morgan fingerprint density at radius 3 is 2.46 bits per heavy atom. The van der Waals surface area contributed by atoms with Crippen molar-refractivity contribution in [3.05, 3.63) is 5.89 Å². The fourth-order valence-corrected chi connectivity index (χ4v) is 1.80. The van der Waals surface area contributed by atoms with Gasteiger partial charge in [-0.2, -0.15) is 0 Å². The maximum atomic E-state index is 5.39. The number of nitrogens with zero attached hydrogens (tertiary/aromatic N) is 2. The Labute approximate surface area is 77.5 Å². The lowest BCUT2D eigenvalue weighted by molar-refractivity contribution is 0.164. The van der Waals surface area contributed by atoms with Crippen molar-refractivity contribution in [2.75, 3.05) is 5.73 Å². The summed E-state index contributed by atoms with van der Waals surface area (Å²) in [4.78, 5) is 0. The van der Waals surface area contributed by atoms with E-state index < -0.39 is 0 Å². The molecular formula is C9H15N3O. The molecule has 0 saturated heterocycles. The van der Waals surface area contributed by atoms with Crippen molar-refractivity contribution in [1.82, 2.24) is 10.2 Å². The number of nitrogens with two attached hydrogens (primary N) is 1. The number of hydrogen-bond donors (Lipinski definition) is 1. The van der Waals surface area contributed by atoms with Gasteiger partial charge in [-0.05, 0) is 18.8 Å². The predicted molar refractivity (Wildman–Crippen MR) is 49.1 cm³/mol. The van der Waals surface area contributed by atoms with E-state index in [-0.39, 0.29) is 11.4 Å². The first-order valence-electron chi connectivity index (χ1n) is 4.70. The van der Waals surface area contributed by atoms with Crippen molar-refractivity contribution >= 4 is 6.01 Å². The van der Waals surface area contributed by atoms with Gasteiger partial charge in [0.05, 0.1) is 0 Å². The molecule has 1 saturated carbocycles. The van der Waals surface area contributed by atoms with E-state index in [0.29, 0.717) is 11.8 Å². The van der Waals surface area contributed by atoms with Gasteiger partial charge in [-0.15, -0.1) is 5.10 Å². The topological polar surface area (TPSA) is 64.9 Å². The highest BCUT2D eigenvalue weighted by atomic mass is 16.4. The molecule has 0 spiro atoms. The Morgan fingerprint density at radius 2 is 2.08 bits per heavy atom. The third-order valence-corrected chi connectivity index (χ3v) is 3.12. The van der Waals surface area contributed by atoms with E-state index >= 15 is 0 Å². The maximum Gasteiger partial charge on any atom is 0.312 e. The van der Waals surface area contributed by atoms with Crippen LogP contribution in [0.25, 0.3) is 0 Å². The molecule has 0 aromatic carbocycles. The van der Waals surface area contributed by atoms with Crippen molar-refractivity contribution in [2.24, 2.45) is 5.92 Å². The highest BCUT2D eigenvalue weighted by Gasteiger charge is 2.39. The van der Waals surface area contributed by atoms with Crippen LogP contribution in [0.5, 0.6) is 0 Å². The van der Waals surface area contributed by atoms with Crippen LogP contribution in [-0.2, 0) is 5.41 Å². The van der Waals surface area contributed by atoms with E-state index in [1.807, 2.05) is 0 Å². The van der Waals surface area contributed by atoms with Crippen molar-refractivity contribution in [3.8, 4) is 0 Å². The second-order valence-corrected chi connectivity index (χ2v) is 4.29. The molecule has 2 rings (SSSR count). The minimum absolute atomic E-state index is 0.0110. The molecule has 1 heterocycles. The van der Waals surface area contributed by atoms with Crippen LogP contribution in [0.4, 0.5) is 6.01 Å². The van der Waals surface area contributed by atoms with Crippen LogP contribution in [0, 0.1) is 5.92 Å². The lowest BCUT2D eigenvalue weighted by Crippen LogP contribution is -2.33. The van der Waals surface area contributed by atoms with Gasteiger partial charge >= 0.3 is 6.01 Å². The molecule has 2 N–H and O–H groups in total. The average molecular weight is 181 g/mol. The minimum atomic E-state index is -0.0110. The van der Waals surface area contributed by atoms with Crippen LogP contribution in [-0.4, -0.2) is 10.2 Å². The van der Waals surface area contributed by atoms with Gasteiger partial charge in [0.2, 0.25) is 5.89 Å².